The lowest BCUT2D eigenvalue weighted by molar-refractivity contribution is -0.140. The van der Waals surface area contributed by atoms with E-state index in [1.165, 1.54) is 0 Å². The van der Waals surface area contributed by atoms with Gasteiger partial charge >= 0.3 is 11.9 Å². The van der Waals surface area contributed by atoms with Crippen LogP contribution in [0.25, 0.3) is 0 Å². The van der Waals surface area contributed by atoms with E-state index in [2.05, 4.69) is 17.9 Å². The van der Waals surface area contributed by atoms with Crippen LogP contribution in [0.15, 0.2) is 24.8 Å². The summed E-state index contributed by atoms with van der Waals surface area (Å²) in [5.74, 6) is -0.906. The largest absolute Gasteiger partial charge is 0.462 e. The van der Waals surface area contributed by atoms with Crippen LogP contribution in [0.2, 0.25) is 0 Å². The molecule has 0 saturated heterocycles. The Hall–Kier alpha value is -1.36. The zero-order valence-corrected chi connectivity index (χ0v) is 8.25. The van der Waals surface area contributed by atoms with Gasteiger partial charge in [-0.1, -0.05) is 13.2 Å². The minimum Gasteiger partial charge on any atom is -0.462 e. The Morgan fingerprint density at radius 1 is 1.27 bits per heavy atom. The van der Waals surface area contributed by atoms with Crippen molar-refractivity contribution in [3.63, 3.8) is 0 Å². The number of hydrogen-bond acceptors (Lipinski definition) is 4. The highest BCUT2D eigenvalue weighted by Gasteiger charge is 2.02. The molecule has 0 aliphatic carbocycles. The lowest BCUT2D eigenvalue weighted by atomic mass is 10.4. The summed E-state index contributed by atoms with van der Waals surface area (Å²) in [5.41, 5.74) is 0.355. The number of carbonyl (C=O) groups excluding carboxylic acids is 2. The van der Waals surface area contributed by atoms with Gasteiger partial charge in [0.25, 0.3) is 0 Å². The van der Waals surface area contributed by atoms with Crippen molar-refractivity contribution >= 4 is 22.9 Å². The van der Waals surface area contributed by atoms with Gasteiger partial charge in [-0.15, -0.1) is 0 Å². The van der Waals surface area contributed by atoms with Crippen LogP contribution < -0.4 is 0 Å². The van der Waals surface area contributed by atoms with Gasteiger partial charge in [0.1, 0.15) is 0 Å². The zero-order chi connectivity index (χ0) is 11.0. The average Bonchev–Trinajstić information content (AvgIpc) is 2.16. The molecular formula is C10H18O4Si. The van der Waals surface area contributed by atoms with E-state index < -0.39 is 11.9 Å². The summed E-state index contributed by atoms with van der Waals surface area (Å²) in [4.78, 5) is 21.4. The van der Waals surface area contributed by atoms with Crippen LogP contribution in [-0.4, -0.2) is 36.1 Å². The molecule has 0 saturated carbocycles. The summed E-state index contributed by atoms with van der Waals surface area (Å²) in [5, 5.41) is 0. The smallest absolute Gasteiger partial charge is 0.333 e. The van der Waals surface area contributed by atoms with E-state index in [0.29, 0.717) is 12.0 Å². The first-order valence-corrected chi connectivity index (χ1v) is 4.19. The second-order valence-corrected chi connectivity index (χ2v) is 2.64. The van der Waals surface area contributed by atoms with Gasteiger partial charge in [-0.2, -0.15) is 0 Å². The van der Waals surface area contributed by atoms with Gasteiger partial charge in [-0.3, -0.25) is 0 Å². The van der Waals surface area contributed by atoms with Crippen LogP contribution in [0.4, 0.5) is 0 Å². The van der Waals surface area contributed by atoms with Crippen LogP contribution in [0.1, 0.15) is 13.3 Å². The molecule has 0 heterocycles. The van der Waals surface area contributed by atoms with Gasteiger partial charge in [0, 0.05) is 18.1 Å². The SMILES string of the molecule is C=CC(=O)OCCCOC(=O)C(=C)C.[SiH4]. The topological polar surface area (TPSA) is 52.6 Å². The molecule has 5 heteroatoms. The quantitative estimate of drug-likeness (QED) is 0.274. The summed E-state index contributed by atoms with van der Waals surface area (Å²) in [6.07, 6.45) is 1.55. The molecule has 0 N–H and O–H groups in total. The standard InChI is InChI=1S/C10H14O4.H4Si/c1-4-9(11)13-6-5-7-14-10(12)8(2)3;/h4H,1-2,5-7H2,3H3;1H4. The van der Waals surface area contributed by atoms with Gasteiger partial charge in [-0.25, -0.2) is 9.59 Å². The first-order valence-electron chi connectivity index (χ1n) is 4.19. The van der Waals surface area contributed by atoms with E-state index >= 15 is 0 Å². The summed E-state index contributed by atoms with van der Waals surface area (Å²) in [6, 6.07) is 0. The Kier molecular flexibility index (Phi) is 9.87. The molecule has 0 rings (SSSR count). The monoisotopic (exact) mass is 230 g/mol. The third-order valence-corrected chi connectivity index (χ3v) is 1.28. The molecular weight excluding hydrogens is 212 g/mol. The van der Waals surface area contributed by atoms with Gasteiger partial charge in [0.15, 0.2) is 0 Å². The van der Waals surface area contributed by atoms with Crippen molar-refractivity contribution in [2.24, 2.45) is 0 Å². The molecule has 0 aliphatic rings. The van der Waals surface area contributed by atoms with Crippen molar-refractivity contribution in [2.75, 3.05) is 13.2 Å². The third-order valence-electron chi connectivity index (χ3n) is 1.28. The fourth-order valence-electron chi connectivity index (χ4n) is 0.579. The number of esters is 2. The molecule has 0 aliphatic heterocycles. The second kappa shape index (κ2) is 9.20. The number of carbonyl (C=O) groups is 2. The number of rotatable bonds is 6. The highest BCUT2D eigenvalue weighted by molar-refractivity contribution is 5.86. The molecule has 0 aromatic rings. The van der Waals surface area contributed by atoms with Gasteiger partial charge < -0.3 is 9.47 Å². The third kappa shape index (κ3) is 8.95. The lowest BCUT2D eigenvalue weighted by Crippen LogP contribution is -2.09. The molecule has 86 valence electrons. The fourth-order valence-corrected chi connectivity index (χ4v) is 0.579. The van der Waals surface area contributed by atoms with Crippen LogP contribution in [0.3, 0.4) is 0 Å². The predicted molar refractivity (Wildman–Crippen MR) is 62.9 cm³/mol. The molecule has 0 atom stereocenters. The zero-order valence-electron chi connectivity index (χ0n) is 8.25. The summed E-state index contributed by atoms with van der Waals surface area (Å²) < 4.78 is 9.43. The van der Waals surface area contributed by atoms with E-state index in [1.807, 2.05) is 0 Å². The molecule has 0 bridgehead atoms. The van der Waals surface area contributed by atoms with Gasteiger partial charge in [-0.05, 0) is 17.9 Å². The molecule has 0 aromatic heterocycles. The van der Waals surface area contributed by atoms with Crippen molar-refractivity contribution < 1.29 is 19.1 Å². The average molecular weight is 230 g/mol. The Balaban J connectivity index is 0. The van der Waals surface area contributed by atoms with Crippen LogP contribution in [0.5, 0.6) is 0 Å². The van der Waals surface area contributed by atoms with Gasteiger partial charge in [0.05, 0.1) is 13.2 Å². The van der Waals surface area contributed by atoms with Gasteiger partial charge in [0.2, 0.25) is 0 Å². The Morgan fingerprint density at radius 3 is 2.27 bits per heavy atom. The lowest BCUT2D eigenvalue weighted by Gasteiger charge is -2.04. The van der Waals surface area contributed by atoms with E-state index in [4.69, 9.17) is 4.74 Å². The Bertz CT molecular complexity index is 248. The predicted octanol–water partition coefficient (Wildman–Crippen LogP) is -0.227. The molecule has 4 nitrogen and oxygen atoms in total. The molecule has 0 amide bonds. The van der Waals surface area contributed by atoms with Crippen molar-refractivity contribution in [3.05, 3.63) is 24.8 Å². The van der Waals surface area contributed by atoms with Crippen molar-refractivity contribution in [2.45, 2.75) is 13.3 Å². The summed E-state index contributed by atoms with van der Waals surface area (Å²) in [7, 11) is 0. The first-order chi connectivity index (χ1) is 6.57. The maximum Gasteiger partial charge on any atom is 0.333 e. The Morgan fingerprint density at radius 2 is 1.80 bits per heavy atom. The highest BCUT2D eigenvalue weighted by Crippen LogP contribution is 1.93. The highest BCUT2D eigenvalue weighted by atomic mass is 28.1. The summed E-state index contributed by atoms with van der Waals surface area (Å²) >= 11 is 0. The maximum absolute atomic E-state index is 10.9. The molecule has 0 fully saturated rings. The van der Waals surface area contributed by atoms with Crippen molar-refractivity contribution in [1.29, 1.82) is 0 Å². The van der Waals surface area contributed by atoms with E-state index in [1.54, 1.807) is 6.92 Å². The van der Waals surface area contributed by atoms with Crippen molar-refractivity contribution in [1.82, 2.24) is 0 Å². The van der Waals surface area contributed by atoms with E-state index in [0.717, 1.165) is 6.08 Å². The first kappa shape index (κ1) is 16.1. The minimum absolute atomic E-state index is 0. The Labute approximate surface area is 94.0 Å². The molecule has 0 unspecified atom stereocenters. The molecule has 0 radical (unpaired) electrons. The van der Waals surface area contributed by atoms with Crippen molar-refractivity contribution in [3.8, 4) is 0 Å². The normalized spacial score (nSPS) is 8.33. The van der Waals surface area contributed by atoms with Crippen LogP contribution >= 0.6 is 0 Å². The second-order valence-electron chi connectivity index (χ2n) is 2.64. The minimum atomic E-state index is -0.476. The molecule has 15 heavy (non-hydrogen) atoms. The number of hydrogen-bond donors (Lipinski definition) is 0. The maximum atomic E-state index is 10.9. The van der Waals surface area contributed by atoms with Crippen LogP contribution in [0, 0.1) is 0 Å². The fraction of sp³-hybridized carbons (Fsp3) is 0.400. The molecule has 0 spiro atoms. The summed E-state index contributed by atoms with van der Waals surface area (Å²) in [6.45, 7) is 8.67. The van der Waals surface area contributed by atoms with E-state index in [-0.39, 0.29) is 24.2 Å². The molecule has 0 aromatic carbocycles. The van der Waals surface area contributed by atoms with Crippen LogP contribution in [-0.2, 0) is 19.1 Å². The van der Waals surface area contributed by atoms with E-state index in [9.17, 15) is 9.59 Å². The number of ether oxygens (including phenoxy) is 2.